The van der Waals surface area contributed by atoms with Crippen LogP contribution < -0.4 is 5.73 Å². The molecule has 112 valence electrons. The summed E-state index contributed by atoms with van der Waals surface area (Å²) in [5.41, 5.74) is 5.62. The molecule has 1 aliphatic rings. The molecule has 0 saturated carbocycles. The van der Waals surface area contributed by atoms with E-state index in [-0.39, 0.29) is 18.1 Å². The number of rotatable bonds is 8. The Labute approximate surface area is 117 Å². The first-order valence-corrected chi connectivity index (χ1v) is 7.80. The number of amides is 1. The molecule has 2 N–H and O–H groups in total. The second-order valence-corrected chi connectivity index (χ2v) is 5.60. The number of unbranched alkanes of at least 4 members (excludes halogenated alkanes) is 5. The molecule has 0 radical (unpaired) electrons. The zero-order chi connectivity index (χ0) is 14.1. The first-order chi connectivity index (χ1) is 9.19. The number of nitrogens with zero attached hydrogens (tertiary/aromatic N) is 1. The molecule has 4 nitrogen and oxygen atoms in total. The SMILES string of the molecule is CCCCCCCCC(=O)N1CC(CN)OCC1C. The van der Waals surface area contributed by atoms with Gasteiger partial charge in [-0.25, -0.2) is 0 Å². The van der Waals surface area contributed by atoms with Gasteiger partial charge in [-0.2, -0.15) is 0 Å². The maximum atomic E-state index is 12.2. The van der Waals surface area contributed by atoms with E-state index in [2.05, 4.69) is 6.92 Å². The number of carbonyl (C=O) groups is 1. The van der Waals surface area contributed by atoms with Crippen LogP contribution in [0.15, 0.2) is 0 Å². The molecular formula is C15H30N2O2. The van der Waals surface area contributed by atoms with Gasteiger partial charge in [-0.05, 0) is 13.3 Å². The number of carbonyl (C=O) groups excluding carboxylic acids is 1. The summed E-state index contributed by atoms with van der Waals surface area (Å²) in [6.07, 6.45) is 8.01. The molecule has 1 saturated heterocycles. The largest absolute Gasteiger partial charge is 0.373 e. The molecule has 1 heterocycles. The van der Waals surface area contributed by atoms with Crippen molar-refractivity contribution < 1.29 is 9.53 Å². The Kier molecular flexibility index (Phi) is 8.07. The van der Waals surface area contributed by atoms with E-state index in [1.165, 1.54) is 32.1 Å². The van der Waals surface area contributed by atoms with Crippen molar-refractivity contribution in [3.8, 4) is 0 Å². The highest BCUT2D eigenvalue weighted by Gasteiger charge is 2.28. The third-order valence-electron chi connectivity index (χ3n) is 3.83. The summed E-state index contributed by atoms with van der Waals surface area (Å²) in [6, 6.07) is 0.190. The van der Waals surface area contributed by atoms with Crippen LogP contribution in [0.1, 0.15) is 58.8 Å². The second kappa shape index (κ2) is 9.32. The molecule has 2 atom stereocenters. The number of hydrogen-bond donors (Lipinski definition) is 1. The van der Waals surface area contributed by atoms with E-state index in [0.717, 1.165) is 6.42 Å². The molecule has 4 heteroatoms. The Morgan fingerprint density at radius 2 is 1.95 bits per heavy atom. The van der Waals surface area contributed by atoms with Crippen LogP contribution in [0.2, 0.25) is 0 Å². The highest BCUT2D eigenvalue weighted by molar-refractivity contribution is 5.76. The molecule has 2 unspecified atom stereocenters. The van der Waals surface area contributed by atoms with Gasteiger partial charge in [0.05, 0.1) is 18.8 Å². The molecule has 0 aromatic rings. The molecule has 0 spiro atoms. The molecule has 1 amide bonds. The predicted octanol–water partition coefficient (Wildman–Crippen LogP) is 2.31. The Hall–Kier alpha value is -0.610. The van der Waals surface area contributed by atoms with Gasteiger partial charge in [-0.15, -0.1) is 0 Å². The van der Waals surface area contributed by atoms with Gasteiger partial charge in [-0.3, -0.25) is 4.79 Å². The average Bonchev–Trinajstić information content (AvgIpc) is 2.43. The minimum Gasteiger partial charge on any atom is -0.373 e. The van der Waals surface area contributed by atoms with Crippen molar-refractivity contribution in [3.05, 3.63) is 0 Å². The van der Waals surface area contributed by atoms with Gasteiger partial charge in [0, 0.05) is 19.5 Å². The van der Waals surface area contributed by atoms with Crippen molar-refractivity contribution in [2.75, 3.05) is 19.7 Å². The number of morpholine rings is 1. The van der Waals surface area contributed by atoms with Crippen LogP contribution in [0.25, 0.3) is 0 Å². The van der Waals surface area contributed by atoms with E-state index in [4.69, 9.17) is 10.5 Å². The summed E-state index contributed by atoms with van der Waals surface area (Å²) >= 11 is 0. The normalized spacial score (nSPS) is 23.6. The fourth-order valence-corrected chi connectivity index (χ4v) is 2.51. The van der Waals surface area contributed by atoms with Crippen LogP contribution in [0.5, 0.6) is 0 Å². The van der Waals surface area contributed by atoms with E-state index in [0.29, 0.717) is 26.1 Å². The second-order valence-electron chi connectivity index (χ2n) is 5.60. The molecular weight excluding hydrogens is 240 g/mol. The Bertz CT molecular complexity index is 259. The lowest BCUT2D eigenvalue weighted by atomic mass is 10.1. The van der Waals surface area contributed by atoms with E-state index in [9.17, 15) is 4.79 Å². The van der Waals surface area contributed by atoms with Gasteiger partial charge in [0.15, 0.2) is 0 Å². The van der Waals surface area contributed by atoms with Gasteiger partial charge in [0.1, 0.15) is 0 Å². The lowest BCUT2D eigenvalue weighted by Crippen LogP contribution is -2.52. The number of hydrogen-bond acceptors (Lipinski definition) is 3. The van der Waals surface area contributed by atoms with Crippen molar-refractivity contribution in [2.24, 2.45) is 5.73 Å². The summed E-state index contributed by atoms with van der Waals surface area (Å²) in [4.78, 5) is 14.1. The van der Waals surface area contributed by atoms with E-state index in [1.807, 2.05) is 11.8 Å². The van der Waals surface area contributed by atoms with Crippen molar-refractivity contribution in [3.63, 3.8) is 0 Å². The number of ether oxygens (including phenoxy) is 1. The first kappa shape index (κ1) is 16.4. The zero-order valence-electron chi connectivity index (χ0n) is 12.6. The van der Waals surface area contributed by atoms with Gasteiger partial charge in [-0.1, -0.05) is 39.0 Å². The smallest absolute Gasteiger partial charge is 0.222 e. The Morgan fingerprint density at radius 3 is 2.63 bits per heavy atom. The summed E-state index contributed by atoms with van der Waals surface area (Å²) in [6.45, 7) is 6.03. The van der Waals surface area contributed by atoms with Crippen molar-refractivity contribution in [2.45, 2.75) is 70.9 Å². The molecule has 0 aromatic carbocycles. The summed E-state index contributed by atoms with van der Waals surface area (Å²) in [7, 11) is 0. The third kappa shape index (κ3) is 5.91. The van der Waals surface area contributed by atoms with Gasteiger partial charge < -0.3 is 15.4 Å². The van der Waals surface area contributed by atoms with E-state index < -0.39 is 0 Å². The zero-order valence-corrected chi connectivity index (χ0v) is 12.6. The average molecular weight is 270 g/mol. The predicted molar refractivity (Wildman–Crippen MR) is 78.0 cm³/mol. The highest BCUT2D eigenvalue weighted by atomic mass is 16.5. The summed E-state index contributed by atoms with van der Waals surface area (Å²) in [5, 5.41) is 0. The Balaban J connectivity index is 2.20. The minimum atomic E-state index is 0.0182. The van der Waals surface area contributed by atoms with Crippen LogP contribution in [0, 0.1) is 0 Å². The molecule has 1 fully saturated rings. The topological polar surface area (TPSA) is 55.6 Å². The van der Waals surface area contributed by atoms with Crippen LogP contribution >= 0.6 is 0 Å². The molecule has 0 aliphatic carbocycles. The molecule has 1 aliphatic heterocycles. The summed E-state index contributed by atoms with van der Waals surface area (Å²) in [5.74, 6) is 0.268. The third-order valence-corrected chi connectivity index (χ3v) is 3.83. The van der Waals surface area contributed by atoms with Gasteiger partial charge >= 0.3 is 0 Å². The quantitative estimate of drug-likeness (QED) is 0.689. The lowest BCUT2D eigenvalue weighted by molar-refractivity contribution is -0.143. The first-order valence-electron chi connectivity index (χ1n) is 7.80. The van der Waals surface area contributed by atoms with Crippen molar-refractivity contribution in [1.29, 1.82) is 0 Å². The van der Waals surface area contributed by atoms with Crippen molar-refractivity contribution in [1.82, 2.24) is 4.90 Å². The van der Waals surface area contributed by atoms with Gasteiger partial charge in [0.25, 0.3) is 0 Å². The minimum absolute atomic E-state index is 0.0182. The summed E-state index contributed by atoms with van der Waals surface area (Å²) < 4.78 is 5.57. The number of nitrogens with two attached hydrogens (primary N) is 1. The van der Waals surface area contributed by atoms with Crippen molar-refractivity contribution >= 4 is 5.91 Å². The van der Waals surface area contributed by atoms with Crippen LogP contribution in [-0.4, -0.2) is 42.6 Å². The maximum absolute atomic E-state index is 12.2. The van der Waals surface area contributed by atoms with Gasteiger partial charge in [0.2, 0.25) is 5.91 Å². The fraction of sp³-hybridized carbons (Fsp3) is 0.933. The van der Waals surface area contributed by atoms with Crippen LogP contribution in [0.4, 0.5) is 0 Å². The maximum Gasteiger partial charge on any atom is 0.222 e. The lowest BCUT2D eigenvalue weighted by Gasteiger charge is -2.37. The monoisotopic (exact) mass is 270 g/mol. The fourth-order valence-electron chi connectivity index (χ4n) is 2.51. The molecule has 19 heavy (non-hydrogen) atoms. The van der Waals surface area contributed by atoms with E-state index >= 15 is 0 Å². The molecule has 1 rings (SSSR count). The van der Waals surface area contributed by atoms with Crippen LogP contribution in [-0.2, 0) is 9.53 Å². The standard InChI is InChI=1S/C15H30N2O2/c1-3-4-5-6-7-8-9-15(18)17-11-14(10-16)19-12-13(17)2/h13-14H,3-12,16H2,1-2H3. The highest BCUT2D eigenvalue weighted by Crippen LogP contribution is 2.14. The van der Waals surface area contributed by atoms with E-state index in [1.54, 1.807) is 0 Å². The molecule has 0 bridgehead atoms. The van der Waals surface area contributed by atoms with Crippen LogP contribution in [0.3, 0.4) is 0 Å². The Morgan fingerprint density at radius 1 is 1.26 bits per heavy atom. The molecule has 0 aromatic heterocycles.